The molecule has 0 saturated carbocycles. The van der Waals surface area contributed by atoms with Crippen molar-refractivity contribution in [3.8, 4) is 6.07 Å². The maximum atomic E-state index is 9.01. The number of hydrogen-bond acceptors (Lipinski definition) is 4. The molecule has 1 aliphatic rings. The molecule has 0 bridgehead atoms. The summed E-state index contributed by atoms with van der Waals surface area (Å²) in [4.78, 5) is 4.60. The minimum Gasteiger partial charge on any atom is -0.366 e. The molecule has 1 aliphatic heterocycles. The number of nitriles is 1. The van der Waals surface area contributed by atoms with E-state index >= 15 is 0 Å². The maximum absolute atomic E-state index is 9.01. The molecule has 1 saturated heterocycles. The van der Waals surface area contributed by atoms with Crippen LogP contribution in [0.3, 0.4) is 0 Å². The zero-order valence-corrected chi connectivity index (χ0v) is 11.9. The van der Waals surface area contributed by atoms with Gasteiger partial charge in [0.1, 0.15) is 0 Å². The zero-order valence-electron chi connectivity index (χ0n) is 11.9. The van der Waals surface area contributed by atoms with Crippen LogP contribution in [0.15, 0.2) is 24.3 Å². The fourth-order valence-corrected chi connectivity index (χ4v) is 2.61. The fraction of sp³-hybridized carbons (Fsp3) is 0.533. The van der Waals surface area contributed by atoms with Gasteiger partial charge in [-0.3, -0.25) is 0 Å². The third kappa shape index (κ3) is 3.46. The summed E-state index contributed by atoms with van der Waals surface area (Å²) in [6.45, 7) is 5.21. The molecule has 102 valence electrons. The molecule has 2 rings (SSSR count). The maximum Gasteiger partial charge on any atom is 0.0992 e. The Balaban J connectivity index is 2.14. The second-order valence-corrected chi connectivity index (χ2v) is 5.53. The molecule has 1 aromatic carbocycles. The van der Waals surface area contributed by atoms with E-state index in [0.29, 0.717) is 12.1 Å². The summed E-state index contributed by atoms with van der Waals surface area (Å²) in [5, 5.41) is 12.6. The number of nitrogens with zero attached hydrogens (tertiary/aromatic N) is 3. The molecule has 0 spiro atoms. The highest BCUT2D eigenvalue weighted by Gasteiger charge is 2.25. The van der Waals surface area contributed by atoms with Crippen LogP contribution in [0.25, 0.3) is 0 Å². The summed E-state index contributed by atoms with van der Waals surface area (Å²) < 4.78 is 0. The largest absolute Gasteiger partial charge is 0.366 e. The van der Waals surface area contributed by atoms with Crippen LogP contribution in [-0.4, -0.2) is 50.7 Å². The number of rotatable bonds is 3. The second-order valence-electron chi connectivity index (χ2n) is 5.53. The third-order valence-electron chi connectivity index (χ3n) is 3.54. The fourth-order valence-electron chi connectivity index (χ4n) is 2.61. The molecule has 2 atom stereocenters. The average Bonchev–Trinajstić information content (AvgIpc) is 2.40. The number of anilines is 1. The van der Waals surface area contributed by atoms with E-state index in [1.807, 2.05) is 18.2 Å². The minimum atomic E-state index is 0.451. The SMILES string of the molecule is CC1CNC(CN(C)C)CN1c1cccc(C#N)c1. The molecule has 4 heteroatoms. The number of piperazine rings is 1. The van der Waals surface area contributed by atoms with Gasteiger partial charge in [-0.25, -0.2) is 0 Å². The van der Waals surface area contributed by atoms with Crippen LogP contribution in [0.5, 0.6) is 0 Å². The normalized spacial score (nSPS) is 23.4. The lowest BCUT2D eigenvalue weighted by Gasteiger charge is -2.41. The number of likely N-dealkylation sites (N-methyl/N-ethyl adjacent to an activating group) is 1. The van der Waals surface area contributed by atoms with Crippen LogP contribution in [0.4, 0.5) is 5.69 Å². The molecule has 1 N–H and O–H groups in total. The first-order valence-corrected chi connectivity index (χ1v) is 6.75. The summed E-state index contributed by atoms with van der Waals surface area (Å²) in [6, 6.07) is 11.0. The summed E-state index contributed by atoms with van der Waals surface area (Å²) in [5.41, 5.74) is 1.88. The van der Waals surface area contributed by atoms with E-state index in [1.54, 1.807) is 0 Å². The van der Waals surface area contributed by atoms with Crippen LogP contribution >= 0.6 is 0 Å². The van der Waals surface area contributed by atoms with Gasteiger partial charge in [0, 0.05) is 37.4 Å². The van der Waals surface area contributed by atoms with Crippen molar-refractivity contribution in [3.05, 3.63) is 29.8 Å². The van der Waals surface area contributed by atoms with Gasteiger partial charge in [-0.1, -0.05) is 6.07 Å². The van der Waals surface area contributed by atoms with E-state index in [0.717, 1.165) is 30.9 Å². The Morgan fingerprint density at radius 3 is 2.95 bits per heavy atom. The van der Waals surface area contributed by atoms with Gasteiger partial charge in [-0.15, -0.1) is 0 Å². The standard InChI is InChI=1S/C15H22N4/c1-12-9-17-14(10-18(2)3)11-19(12)15-6-4-5-13(7-15)8-16/h4-7,12,14,17H,9-11H2,1-3H3. The predicted molar refractivity (Wildman–Crippen MR) is 78.3 cm³/mol. The lowest BCUT2D eigenvalue weighted by atomic mass is 10.1. The Hall–Kier alpha value is -1.57. The van der Waals surface area contributed by atoms with E-state index in [4.69, 9.17) is 5.26 Å². The van der Waals surface area contributed by atoms with E-state index < -0.39 is 0 Å². The Morgan fingerprint density at radius 1 is 1.47 bits per heavy atom. The first-order valence-electron chi connectivity index (χ1n) is 6.75. The van der Waals surface area contributed by atoms with Crippen LogP contribution in [0, 0.1) is 11.3 Å². The first kappa shape index (κ1) is 13.9. The van der Waals surface area contributed by atoms with Crippen molar-refractivity contribution in [3.63, 3.8) is 0 Å². The Morgan fingerprint density at radius 2 is 2.26 bits per heavy atom. The van der Waals surface area contributed by atoms with E-state index in [1.165, 1.54) is 0 Å². The molecule has 4 nitrogen and oxygen atoms in total. The van der Waals surface area contributed by atoms with Crippen molar-refractivity contribution in [2.24, 2.45) is 0 Å². The van der Waals surface area contributed by atoms with Crippen LogP contribution in [-0.2, 0) is 0 Å². The van der Waals surface area contributed by atoms with Gasteiger partial charge in [0.05, 0.1) is 11.6 Å². The highest BCUT2D eigenvalue weighted by molar-refractivity contribution is 5.52. The molecular weight excluding hydrogens is 236 g/mol. The van der Waals surface area contributed by atoms with Crippen molar-refractivity contribution >= 4 is 5.69 Å². The zero-order chi connectivity index (χ0) is 13.8. The van der Waals surface area contributed by atoms with E-state index in [-0.39, 0.29) is 0 Å². The minimum absolute atomic E-state index is 0.451. The van der Waals surface area contributed by atoms with Crippen LogP contribution in [0.2, 0.25) is 0 Å². The molecule has 0 amide bonds. The number of hydrogen-bond donors (Lipinski definition) is 1. The first-order chi connectivity index (χ1) is 9.10. The van der Waals surface area contributed by atoms with Crippen molar-refractivity contribution < 1.29 is 0 Å². The third-order valence-corrected chi connectivity index (χ3v) is 3.54. The molecule has 19 heavy (non-hydrogen) atoms. The van der Waals surface area contributed by atoms with Crippen molar-refractivity contribution in [1.29, 1.82) is 5.26 Å². The van der Waals surface area contributed by atoms with Gasteiger partial charge >= 0.3 is 0 Å². The highest BCUT2D eigenvalue weighted by Crippen LogP contribution is 2.21. The smallest absolute Gasteiger partial charge is 0.0992 e. The summed E-state index contributed by atoms with van der Waals surface area (Å²) in [7, 11) is 4.20. The molecule has 0 aliphatic carbocycles. The Labute approximate surface area is 115 Å². The Kier molecular flexibility index (Phi) is 4.41. The van der Waals surface area contributed by atoms with Gasteiger partial charge in [-0.2, -0.15) is 5.26 Å². The highest BCUT2D eigenvalue weighted by atomic mass is 15.2. The van der Waals surface area contributed by atoms with Crippen molar-refractivity contribution in [1.82, 2.24) is 10.2 Å². The molecular formula is C15H22N4. The summed E-state index contributed by atoms with van der Waals surface area (Å²) in [6.07, 6.45) is 0. The Bertz CT molecular complexity index is 463. The molecule has 1 fully saturated rings. The van der Waals surface area contributed by atoms with Crippen molar-refractivity contribution in [2.45, 2.75) is 19.0 Å². The van der Waals surface area contributed by atoms with Crippen LogP contribution < -0.4 is 10.2 Å². The number of nitrogens with one attached hydrogen (secondary N) is 1. The lowest BCUT2D eigenvalue weighted by molar-refractivity contribution is 0.307. The molecule has 1 heterocycles. The topological polar surface area (TPSA) is 42.3 Å². The summed E-state index contributed by atoms with van der Waals surface area (Å²) in [5.74, 6) is 0. The molecule has 1 aromatic rings. The average molecular weight is 258 g/mol. The van der Waals surface area contributed by atoms with Crippen LogP contribution in [0.1, 0.15) is 12.5 Å². The van der Waals surface area contributed by atoms with Gasteiger partial charge in [0.15, 0.2) is 0 Å². The lowest BCUT2D eigenvalue weighted by Crippen LogP contribution is -2.58. The van der Waals surface area contributed by atoms with E-state index in [2.05, 4.69) is 48.3 Å². The van der Waals surface area contributed by atoms with Gasteiger partial charge in [-0.05, 0) is 39.2 Å². The van der Waals surface area contributed by atoms with Gasteiger partial charge < -0.3 is 15.1 Å². The molecule has 0 radical (unpaired) electrons. The predicted octanol–water partition coefficient (Wildman–Crippen LogP) is 1.29. The quantitative estimate of drug-likeness (QED) is 0.887. The van der Waals surface area contributed by atoms with Gasteiger partial charge in [0.2, 0.25) is 0 Å². The summed E-state index contributed by atoms with van der Waals surface area (Å²) >= 11 is 0. The van der Waals surface area contributed by atoms with Gasteiger partial charge in [0.25, 0.3) is 0 Å². The molecule has 2 unspecified atom stereocenters. The second kappa shape index (κ2) is 6.05. The number of benzene rings is 1. The van der Waals surface area contributed by atoms with Crippen molar-refractivity contribution in [2.75, 3.05) is 38.6 Å². The van der Waals surface area contributed by atoms with E-state index in [9.17, 15) is 0 Å². The monoisotopic (exact) mass is 258 g/mol. The molecule has 0 aromatic heterocycles.